The summed E-state index contributed by atoms with van der Waals surface area (Å²) in [6, 6.07) is 1.33. The molecule has 0 saturated carbocycles. The summed E-state index contributed by atoms with van der Waals surface area (Å²) in [7, 11) is -0.891. The summed E-state index contributed by atoms with van der Waals surface area (Å²) in [6.07, 6.45) is 12.5. The third-order valence-corrected chi connectivity index (χ3v) is 6.23. The fraction of sp³-hybridized carbons (Fsp3) is 0.765. The zero-order valence-corrected chi connectivity index (χ0v) is 14.3. The lowest BCUT2D eigenvalue weighted by Gasteiger charge is -2.40. The minimum atomic E-state index is -0.891. The minimum Gasteiger partial charge on any atom is -0.0912 e. The van der Waals surface area contributed by atoms with Gasteiger partial charge in [-0.3, -0.25) is 0 Å². The van der Waals surface area contributed by atoms with Crippen molar-refractivity contribution in [2.45, 2.75) is 72.1 Å². The van der Waals surface area contributed by atoms with E-state index in [1.54, 1.807) is 5.57 Å². The average Bonchev–Trinajstić information content (AvgIpc) is 2.24. The van der Waals surface area contributed by atoms with E-state index in [-0.39, 0.29) is 0 Å². The predicted octanol–water partition coefficient (Wildman–Crippen LogP) is 6.04. The number of allylic oxidation sites excluding steroid dienone is 4. The van der Waals surface area contributed by atoms with Crippen LogP contribution in [0.4, 0.5) is 0 Å². The highest BCUT2D eigenvalue weighted by atomic mass is 28.3. The van der Waals surface area contributed by atoms with Crippen molar-refractivity contribution < 1.29 is 0 Å². The van der Waals surface area contributed by atoms with Gasteiger partial charge in [0.1, 0.15) is 0 Å². The summed E-state index contributed by atoms with van der Waals surface area (Å²) in [5.41, 5.74) is 2.07. The minimum absolute atomic E-state index is 0.446. The summed E-state index contributed by atoms with van der Waals surface area (Å²) in [5.74, 6) is 0.841. The molecule has 2 atom stereocenters. The van der Waals surface area contributed by atoms with Crippen LogP contribution in [0.3, 0.4) is 0 Å². The highest BCUT2D eigenvalue weighted by Crippen LogP contribution is 2.45. The van der Waals surface area contributed by atoms with Gasteiger partial charge in [-0.1, -0.05) is 57.3 Å². The third-order valence-electron chi connectivity index (χ3n) is 4.77. The second kappa shape index (κ2) is 6.23. The van der Waals surface area contributed by atoms with Crippen LogP contribution in [-0.2, 0) is 0 Å². The summed E-state index contributed by atoms with van der Waals surface area (Å²) >= 11 is 0. The molecule has 18 heavy (non-hydrogen) atoms. The van der Waals surface area contributed by atoms with E-state index in [9.17, 15) is 0 Å². The lowest BCUT2D eigenvalue weighted by Crippen LogP contribution is -2.29. The Hall–Kier alpha value is -0.303. The first-order valence-corrected chi connectivity index (χ1v) is 11.3. The van der Waals surface area contributed by atoms with Crippen molar-refractivity contribution in [2.24, 2.45) is 11.3 Å². The molecule has 104 valence electrons. The van der Waals surface area contributed by atoms with Crippen molar-refractivity contribution in [3.63, 3.8) is 0 Å². The van der Waals surface area contributed by atoms with Gasteiger partial charge >= 0.3 is 0 Å². The van der Waals surface area contributed by atoms with Crippen molar-refractivity contribution >= 4 is 8.07 Å². The Labute approximate surface area is 116 Å². The molecule has 0 fully saturated rings. The fourth-order valence-electron chi connectivity index (χ4n) is 2.87. The Morgan fingerprint density at radius 2 is 2.00 bits per heavy atom. The second-order valence-electron chi connectivity index (χ2n) is 7.56. The van der Waals surface area contributed by atoms with Crippen LogP contribution in [0.1, 0.15) is 46.5 Å². The van der Waals surface area contributed by atoms with Gasteiger partial charge in [0.15, 0.2) is 0 Å². The van der Waals surface area contributed by atoms with E-state index in [0.29, 0.717) is 5.41 Å². The fourth-order valence-corrected chi connectivity index (χ4v) is 3.75. The Bertz CT molecular complexity index is 319. The van der Waals surface area contributed by atoms with Crippen LogP contribution < -0.4 is 0 Å². The van der Waals surface area contributed by atoms with E-state index >= 15 is 0 Å². The Morgan fingerprint density at radius 3 is 2.56 bits per heavy atom. The maximum atomic E-state index is 2.47. The maximum Gasteiger partial charge on any atom is 0.0480 e. The first-order valence-electron chi connectivity index (χ1n) is 7.58. The van der Waals surface area contributed by atoms with Crippen LogP contribution in [0.25, 0.3) is 0 Å². The van der Waals surface area contributed by atoms with Gasteiger partial charge in [-0.05, 0) is 50.0 Å². The van der Waals surface area contributed by atoms with Gasteiger partial charge in [0.2, 0.25) is 0 Å². The number of hydrogen-bond donors (Lipinski definition) is 0. The molecular formula is C17H32Si. The summed E-state index contributed by atoms with van der Waals surface area (Å²) in [5, 5.41) is 0. The standard InChI is InChI=1S/C17H32Si/c1-15-11-10-12-16(2)17(15,3)13-8-7-9-14-18(4,5)6/h7,9,11,16H,8,10,12-14H2,1-6H3/b9-7+/t16-,17-/m1/s1. The van der Waals surface area contributed by atoms with E-state index in [4.69, 9.17) is 0 Å². The average molecular weight is 265 g/mol. The molecule has 1 aliphatic carbocycles. The molecule has 0 bridgehead atoms. The van der Waals surface area contributed by atoms with E-state index < -0.39 is 8.07 Å². The van der Waals surface area contributed by atoms with Gasteiger partial charge in [-0.15, -0.1) is 0 Å². The van der Waals surface area contributed by atoms with Gasteiger partial charge in [0.25, 0.3) is 0 Å². The van der Waals surface area contributed by atoms with Gasteiger partial charge < -0.3 is 0 Å². The topological polar surface area (TPSA) is 0 Å². The molecule has 1 rings (SSSR count). The van der Waals surface area contributed by atoms with Crippen LogP contribution in [0.2, 0.25) is 25.7 Å². The Balaban J connectivity index is 2.47. The van der Waals surface area contributed by atoms with Gasteiger partial charge in [0.05, 0.1) is 0 Å². The highest BCUT2D eigenvalue weighted by molar-refractivity contribution is 6.76. The summed E-state index contributed by atoms with van der Waals surface area (Å²) in [6.45, 7) is 14.6. The molecule has 0 amide bonds. The van der Waals surface area contributed by atoms with E-state index in [2.05, 4.69) is 58.6 Å². The van der Waals surface area contributed by atoms with E-state index in [0.717, 1.165) is 5.92 Å². The molecule has 0 aromatic heterocycles. The Kier molecular flexibility index (Phi) is 5.45. The van der Waals surface area contributed by atoms with Crippen LogP contribution in [0, 0.1) is 11.3 Å². The molecule has 0 nitrogen and oxygen atoms in total. The predicted molar refractivity (Wildman–Crippen MR) is 86.8 cm³/mol. The van der Waals surface area contributed by atoms with Crippen molar-refractivity contribution in [2.75, 3.05) is 0 Å². The van der Waals surface area contributed by atoms with Crippen molar-refractivity contribution in [3.05, 3.63) is 23.8 Å². The van der Waals surface area contributed by atoms with Gasteiger partial charge in [-0.25, -0.2) is 0 Å². The SMILES string of the molecule is CC1=CCC[C@@H](C)[C@]1(C)CC/C=C/C[Si](C)(C)C. The van der Waals surface area contributed by atoms with Gasteiger partial charge in [-0.2, -0.15) is 0 Å². The lowest BCUT2D eigenvalue weighted by molar-refractivity contribution is 0.212. The van der Waals surface area contributed by atoms with Crippen molar-refractivity contribution in [1.82, 2.24) is 0 Å². The summed E-state index contributed by atoms with van der Waals surface area (Å²) in [4.78, 5) is 0. The quantitative estimate of drug-likeness (QED) is 0.419. The molecule has 0 saturated heterocycles. The monoisotopic (exact) mass is 264 g/mol. The lowest BCUT2D eigenvalue weighted by atomic mass is 9.65. The van der Waals surface area contributed by atoms with Crippen molar-refractivity contribution in [3.8, 4) is 0 Å². The molecule has 0 spiro atoms. The Morgan fingerprint density at radius 1 is 1.33 bits per heavy atom. The molecular weight excluding hydrogens is 232 g/mol. The number of rotatable bonds is 5. The van der Waals surface area contributed by atoms with Crippen molar-refractivity contribution in [1.29, 1.82) is 0 Å². The molecule has 0 N–H and O–H groups in total. The number of hydrogen-bond acceptors (Lipinski definition) is 0. The molecule has 0 radical (unpaired) electrons. The van der Waals surface area contributed by atoms with E-state index in [1.165, 1.54) is 31.7 Å². The molecule has 1 aliphatic rings. The van der Waals surface area contributed by atoms with Crippen LogP contribution in [0.15, 0.2) is 23.8 Å². The first-order chi connectivity index (χ1) is 8.26. The normalized spacial score (nSPS) is 29.7. The molecule has 0 aromatic rings. The van der Waals surface area contributed by atoms with Crippen LogP contribution in [-0.4, -0.2) is 8.07 Å². The first kappa shape index (κ1) is 15.8. The van der Waals surface area contributed by atoms with E-state index in [1.807, 2.05) is 0 Å². The largest absolute Gasteiger partial charge is 0.0912 e. The van der Waals surface area contributed by atoms with Gasteiger partial charge in [0, 0.05) is 8.07 Å². The highest BCUT2D eigenvalue weighted by Gasteiger charge is 2.33. The molecule has 0 aromatic carbocycles. The smallest absolute Gasteiger partial charge is 0.0480 e. The van der Waals surface area contributed by atoms with Crippen LogP contribution >= 0.6 is 0 Å². The van der Waals surface area contributed by atoms with Crippen LogP contribution in [0.5, 0.6) is 0 Å². The molecule has 0 aliphatic heterocycles. The maximum absolute atomic E-state index is 2.47. The molecule has 1 heteroatoms. The zero-order chi connectivity index (χ0) is 13.8. The molecule has 0 unspecified atom stereocenters. The summed E-state index contributed by atoms with van der Waals surface area (Å²) < 4.78 is 0. The third kappa shape index (κ3) is 4.42. The zero-order valence-electron chi connectivity index (χ0n) is 13.3. The molecule has 0 heterocycles. The second-order valence-corrected chi connectivity index (χ2v) is 13.1.